The summed E-state index contributed by atoms with van der Waals surface area (Å²) in [7, 11) is 1.28. The first kappa shape index (κ1) is 17.7. The molecule has 1 aromatic carbocycles. The number of methoxy groups -OCH3 is 1. The molecule has 0 spiro atoms. The van der Waals surface area contributed by atoms with Crippen LogP contribution in [-0.4, -0.2) is 35.8 Å². The fourth-order valence-corrected chi connectivity index (χ4v) is 2.25. The molecule has 1 heterocycles. The number of aromatic nitrogens is 1. The van der Waals surface area contributed by atoms with E-state index in [1.807, 2.05) is 30.3 Å². The molecule has 0 saturated carbocycles. The van der Waals surface area contributed by atoms with Crippen molar-refractivity contribution >= 4 is 23.0 Å². The average Bonchev–Trinajstić information content (AvgIpc) is 2.51. The summed E-state index contributed by atoms with van der Waals surface area (Å²) in [4.78, 5) is 28.3. The third kappa shape index (κ3) is 4.94. The lowest BCUT2D eigenvalue weighted by molar-refractivity contribution is -0.143. The molecule has 6 nitrogen and oxygen atoms in total. The van der Waals surface area contributed by atoms with Gasteiger partial charge in [0.05, 0.1) is 12.6 Å². The minimum atomic E-state index is -0.840. The van der Waals surface area contributed by atoms with E-state index >= 15 is 0 Å². The molecule has 0 saturated heterocycles. The number of rotatable bonds is 4. The summed E-state index contributed by atoms with van der Waals surface area (Å²) < 4.78 is 9.97. The van der Waals surface area contributed by atoms with Crippen molar-refractivity contribution in [3.63, 3.8) is 0 Å². The molecule has 1 amide bonds. The third-order valence-corrected chi connectivity index (χ3v) is 3.26. The average molecular weight is 330 g/mol. The van der Waals surface area contributed by atoms with Gasteiger partial charge in [-0.2, -0.15) is 0 Å². The van der Waals surface area contributed by atoms with Crippen LogP contribution in [0.5, 0.6) is 0 Å². The number of alkyl carbamates (subject to hydrolysis) is 1. The molecule has 128 valence electrons. The number of carbonyl (C=O) groups excluding carboxylic acids is 2. The lowest BCUT2D eigenvalue weighted by Crippen LogP contribution is -2.45. The Bertz CT molecular complexity index is 737. The quantitative estimate of drug-likeness (QED) is 0.872. The second-order valence-electron chi connectivity index (χ2n) is 6.46. The second kappa shape index (κ2) is 7.29. The van der Waals surface area contributed by atoms with Crippen molar-refractivity contribution in [2.45, 2.75) is 38.8 Å². The van der Waals surface area contributed by atoms with E-state index in [0.717, 1.165) is 16.5 Å². The Morgan fingerprint density at radius 1 is 1.25 bits per heavy atom. The molecule has 0 bridgehead atoms. The summed E-state index contributed by atoms with van der Waals surface area (Å²) in [5.74, 6) is -0.533. The molecule has 0 aliphatic carbocycles. The Balaban J connectivity index is 2.15. The first-order chi connectivity index (χ1) is 11.3. The van der Waals surface area contributed by atoms with Gasteiger partial charge in [-0.25, -0.2) is 9.59 Å². The molecule has 2 rings (SSSR count). The van der Waals surface area contributed by atoms with E-state index in [-0.39, 0.29) is 6.42 Å². The van der Waals surface area contributed by atoms with Crippen LogP contribution in [0.25, 0.3) is 10.9 Å². The van der Waals surface area contributed by atoms with Gasteiger partial charge in [0, 0.05) is 18.0 Å². The van der Waals surface area contributed by atoms with E-state index in [1.54, 1.807) is 27.0 Å². The molecular weight excluding hydrogens is 308 g/mol. The summed E-state index contributed by atoms with van der Waals surface area (Å²) in [5.41, 5.74) is 1.05. The van der Waals surface area contributed by atoms with E-state index in [4.69, 9.17) is 9.47 Å². The highest BCUT2D eigenvalue weighted by Gasteiger charge is 2.25. The maximum atomic E-state index is 12.0. The van der Waals surface area contributed by atoms with Crippen LogP contribution in [0.15, 0.2) is 36.5 Å². The predicted octanol–water partition coefficient (Wildman–Crippen LogP) is 2.84. The first-order valence-corrected chi connectivity index (χ1v) is 7.69. The Hall–Kier alpha value is -2.63. The van der Waals surface area contributed by atoms with E-state index in [1.165, 1.54) is 7.11 Å². The van der Waals surface area contributed by atoms with Gasteiger partial charge in [-0.3, -0.25) is 4.98 Å². The van der Waals surface area contributed by atoms with E-state index in [0.29, 0.717) is 0 Å². The molecule has 24 heavy (non-hydrogen) atoms. The van der Waals surface area contributed by atoms with Crippen molar-refractivity contribution in [1.29, 1.82) is 0 Å². The standard InChI is InChI=1S/C18H22N2O4/c1-18(2,3)24-17(22)20-15(16(21)23-4)10-12-9-13-7-5-6-8-14(13)19-11-12/h5-9,11,15H,10H2,1-4H3,(H,20,22)/t15-/m0/s1. The SMILES string of the molecule is COC(=O)[C@H](Cc1cnc2ccccc2c1)NC(=O)OC(C)(C)C. The van der Waals surface area contributed by atoms with Gasteiger partial charge in [-0.15, -0.1) is 0 Å². The van der Waals surface area contributed by atoms with Crippen molar-refractivity contribution in [2.75, 3.05) is 7.11 Å². The van der Waals surface area contributed by atoms with Gasteiger partial charge in [0.25, 0.3) is 0 Å². The van der Waals surface area contributed by atoms with Crippen LogP contribution in [0, 0.1) is 0 Å². The molecule has 6 heteroatoms. The molecule has 2 aromatic rings. The van der Waals surface area contributed by atoms with Crippen molar-refractivity contribution < 1.29 is 19.1 Å². The number of benzene rings is 1. The number of amides is 1. The maximum absolute atomic E-state index is 12.0. The van der Waals surface area contributed by atoms with Gasteiger partial charge in [-0.05, 0) is 38.5 Å². The van der Waals surface area contributed by atoms with Crippen LogP contribution in [0.3, 0.4) is 0 Å². The summed E-state index contributed by atoms with van der Waals surface area (Å²) in [6, 6.07) is 8.79. The van der Waals surface area contributed by atoms with Crippen molar-refractivity contribution in [3.8, 4) is 0 Å². The zero-order chi connectivity index (χ0) is 17.7. The van der Waals surface area contributed by atoms with Gasteiger partial charge in [0.1, 0.15) is 11.6 Å². The molecular formula is C18H22N2O4. The number of esters is 1. The summed E-state index contributed by atoms with van der Waals surface area (Å²) in [6.45, 7) is 5.27. The number of hydrogen-bond acceptors (Lipinski definition) is 5. The van der Waals surface area contributed by atoms with Gasteiger partial charge >= 0.3 is 12.1 Å². The van der Waals surface area contributed by atoms with Gasteiger partial charge in [0.15, 0.2) is 0 Å². The smallest absolute Gasteiger partial charge is 0.408 e. The number of hydrogen-bond donors (Lipinski definition) is 1. The van der Waals surface area contributed by atoms with Gasteiger partial charge < -0.3 is 14.8 Å². The minimum absolute atomic E-state index is 0.268. The summed E-state index contributed by atoms with van der Waals surface area (Å²) in [5, 5.41) is 3.53. The molecule has 0 fully saturated rings. The van der Waals surface area contributed by atoms with Crippen molar-refractivity contribution in [1.82, 2.24) is 10.3 Å². The maximum Gasteiger partial charge on any atom is 0.408 e. The molecule has 1 atom stereocenters. The summed E-state index contributed by atoms with van der Waals surface area (Å²) >= 11 is 0. The van der Waals surface area contributed by atoms with Crippen LogP contribution in [0.4, 0.5) is 4.79 Å². The number of para-hydroxylation sites is 1. The number of fused-ring (bicyclic) bond motifs is 1. The lowest BCUT2D eigenvalue weighted by Gasteiger charge is -2.22. The molecule has 1 N–H and O–H groups in total. The van der Waals surface area contributed by atoms with Gasteiger partial charge in [-0.1, -0.05) is 18.2 Å². The fourth-order valence-electron chi connectivity index (χ4n) is 2.25. The zero-order valence-electron chi connectivity index (χ0n) is 14.3. The van der Waals surface area contributed by atoms with E-state index in [9.17, 15) is 9.59 Å². The molecule has 0 unspecified atom stereocenters. The van der Waals surface area contributed by atoms with Crippen LogP contribution in [-0.2, 0) is 20.7 Å². The summed E-state index contributed by atoms with van der Waals surface area (Å²) in [6.07, 6.45) is 1.30. The Morgan fingerprint density at radius 2 is 1.96 bits per heavy atom. The molecule has 0 radical (unpaired) electrons. The van der Waals surface area contributed by atoms with Crippen LogP contribution in [0.2, 0.25) is 0 Å². The highest BCUT2D eigenvalue weighted by molar-refractivity contribution is 5.82. The largest absolute Gasteiger partial charge is 0.467 e. The van der Waals surface area contributed by atoms with Gasteiger partial charge in [0.2, 0.25) is 0 Å². The minimum Gasteiger partial charge on any atom is -0.467 e. The Labute approximate surface area is 141 Å². The topological polar surface area (TPSA) is 77.5 Å². The number of ether oxygens (including phenoxy) is 2. The van der Waals surface area contributed by atoms with Crippen molar-refractivity contribution in [2.24, 2.45) is 0 Å². The number of nitrogens with zero attached hydrogens (tertiary/aromatic N) is 1. The monoisotopic (exact) mass is 330 g/mol. The van der Waals surface area contributed by atoms with Crippen molar-refractivity contribution in [3.05, 3.63) is 42.1 Å². The Morgan fingerprint density at radius 3 is 2.62 bits per heavy atom. The Kier molecular flexibility index (Phi) is 5.39. The van der Waals surface area contributed by atoms with E-state index in [2.05, 4.69) is 10.3 Å². The highest BCUT2D eigenvalue weighted by Crippen LogP contribution is 2.15. The molecule has 0 aliphatic heterocycles. The molecule has 1 aromatic heterocycles. The number of nitrogens with one attached hydrogen (secondary N) is 1. The highest BCUT2D eigenvalue weighted by atomic mass is 16.6. The lowest BCUT2D eigenvalue weighted by atomic mass is 10.1. The predicted molar refractivity (Wildman–Crippen MR) is 90.6 cm³/mol. The van der Waals surface area contributed by atoms with Crippen LogP contribution >= 0.6 is 0 Å². The number of pyridine rings is 1. The fraction of sp³-hybridized carbons (Fsp3) is 0.389. The van der Waals surface area contributed by atoms with Crippen LogP contribution in [0.1, 0.15) is 26.3 Å². The third-order valence-electron chi connectivity index (χ3n) is 3.26. The van der Waals surface area contributed by atoms with Crippen LogP contribution < -0.4 is 5.32 Å². The zero-order valence-corrected chi connectivity index (χ0v) is 14.3. The molecule has 0 aliphatic rings. The number of carbonyl (C=O) groups is 2. The first-order valence-electron chi connectivity index (χ1n) is 7.69. The normalized spacial score (nSPS) is 12.5. The van der Waals surface area contributed by atoms with E-state index < -0.39 is 23.7 Å². The second-order valence-corrected chi connectivity index (χ2v) is 6.46.